The number of hydrogen-bond donors (Lipinski definition) is 0. The van der Waals surface area contributed by atoms with Gasteiger partial charge in [-0.3, -0.25) is 4.98 Å². The number of aryl methyl sites for hydroxylation is 6. The molecule has 0 spiro atoms. The molecule has 269 valence electrons. The summed E-state index contributed by atoms with van der Waals surface area (Å²) in [7, 11) is 0. The fourth-order valence-electron chi connectivity index (χ4n) is 6.92. The van der Waals surface area contributed by atoms with Gasteiger partial charge in [0, 0.05) is 60.0 Å². The molecular weight excluding hydrogens is 827 g/mol. The third-order valence-electron chi connectivity index (χ3n) is 9.81. The van der Waals surface area contributed by atoms with Gasteiger partial charge in [-0.1, -0.05) is 110 Å². The zero-order chi connectivity index (χ0) is 36.7. The minimum atomic E-state index is 0. The van der Waals surface area contributed by atoms with E-state index in [9.17, 15) is 0 Å². The van der Waals surface area contributed by atoms with Gasteiger partial charge >= 0.3 is 0 Å². The van der Waals surface area contributed by atoms with Crippen molar-refractivity contribution >= 4 is 32.7 Å². The molecule has 5 heteroatoms. The number of nitrogens with zero attached hydrogens (tertiary/aromatic N) is 3. The van der Waals surface area contributed by atoms with Gasteiger partial charge in [0.15, 0.2) is 0 Å². The first-order valence-corrected chi connectivity index (χ1v) is 18.0. The maximum absolute atomic E-state index is 6.53. The van der Waals surface area contributed by atoms with Crippen LogP contribution < -0.4 is 0 Å². The van der Waals surface area contributed by atoms with Crippen LogP contribution in [-0.4, -0.2) is 15.0 Å². The van der Waals surface area contributed by atoms with Crippen LogP contribution in [0.5, 0.6) is 0 Å². The first kappa shape index (κ1) is 37.8. The van der Waals surface area contributed by atoms with Crippen LogP contribution in [-0.2, 0) is 26.5 Å². The maximum atomic E-state index is 6.53. The first-order valence-electron chi connectivity index (χ1n) is 18.0. The number of rotatable bonds is 4. The van der Waals surface area contributed by atoms with Crippen molar-refractivity contribution in [2.24, 2.45) is 5.41 Å². The molecule has 4 aromatic carbocycles. The molecule has 1 radical (unpaired) electrons. The molecule has 0 atom stereocenters. The second kappa shape index (κ2) is 15.2. The van der Waals surface area contributed by atoms with Gasteiger partial charge in [-0.05, 0) is 80.6 Å². The quantitative estimate of drug-likeness (QED) is 0.165. The van der Waals surface area contributed by atoms with Crippen LogP contribution >= 0.6 is 0 Å². The predicted molar refractivity (Wildman–Crippen MR) is 217 cm³/mol. The van der Waals surface area contributed by atoms with E-state index in [0.717, 1.165) is 73.0 Å². The Bertz CT molecular complexity index is 2600. The third kappa shape index (κ3) is 7.88. The first-order chi connectivity index (χ1) is 24.9. The van der Waals surface area contributed by atoms with E-state index in [4.69, 9.17) is 9.40 Å². The maximum Gasteiger partial charge on any atom is 0.128 e. The Kier molecular flexibility index (Phi) is 10.8. The largest absolute Gasteiger partial charge is 0.500 e. The summed E-state index contributed by atoms with van der Waals surface area (Å²) in [5.41, 5.74) is 16.6. The van der Waals surface area contributed by atoms with Crippen LogP contribution in [0.15, 0.2) is 102 Å². The van der Waals surface area contributed by atoms with Crippen LogP contribution in [0, 0.1) is 59.1 Å². The zero-order valence-corrected chi connectivity index (χ0v) is 34.4. The van der Waals surface area contributed by atoms with Crippen molar-refractivity contribution in [3.05, 3.63) is 149 Å². The van der Waals surface area contributed by atoms with Gasteiger partial charge in [-0.15, -0.1) is 47.5 Å². The Labute approximate surface area is 327 Å². The van der Waals surface area contributed by atoms with Gasteiger partial charge in [0.25, 0.3) is 0 Å². The minimum absolute atomic E-state index is 0. The fourth-order valence-corrected chi connectivity index (χ4v) is 6.92. The van der Waals surface area contributed by atoms with Gasteiger partial charge in [-0.2, -0.15) is 0 Å². The van der Waals surface area contributed by atoms with Gasteiger partial charge in [0.2, 0.25) is 0 Å². The summed E-state index contributed by atoms with van der Waals surface area (Å²) in [4.78, 5) is 13.9. The topological polar surface area (TPSA) is 51.8 Å². The van der Waals surface area contributed by atoms with E-state index in [0.29, 0.717) is 0 Å². The Hall–Kier alpha value is -4.96. The SMILES string of the molecule is Cc1cc2c(ccc3c4cc[c-]c(-c5cc(CC(C)(C)C)c(C)cn5)c4oc23)c(C)n1.Cc1cnc(-c2[c-]cc(C)c(-c3ccccc3)c2)cc1C.[Ir]. The summed E-state index contributed by atoms with van der Waals surface area (Å²) in [6, 6.07) is 36.2. The van der Waals surface area contributed by atoms with Crippen molar-refractivity contribution in [3.8, 4) is 33.6 Å². The molecule has 8 aromatic rings. The Morgan fingerprint density at radius 2 is 1.34 bits per heavy atom. The van der Waals surface area contributed by atoms with E-state index < -0.39 is 0 Å². The van der Waals surface area contributed by atoms with Gasteiger partial charge in [0.1, 0.15) is 5.58 Å². The molecule has 4 heterocycles. The van der Waals surface area contributed by atoms with Crippen molar-refractivity contribution in [1.29, 1.82) is 0 Å². The third-order valence-corrected chi connectivity index (χ3v) is 9.81. The molecule has 0 fully saturated rings. The zero-order valence-electron chi connectivity index (χ0n) is 32.0. The molecule has 0 saturated heterocycles. The van der Waals surface area contributed by atoms with E-state index in [1.54, 1.807) is 0 Å². The van der Waals surface area contributed by atoms with E-state index in [2.05, 4.69) is 150 Å². The molecule has 0 amide bonds. The van der Waals surface area contributed by atoms with Crippen molar-refractivity contribution in [2.75, 3.05) is 0 Å². The minimum Gasteiger partial charge on any atom is -0.500 e. The summed E-state index contributed by atoms with van der Waals surface area (Å²) >= 11 is 0. The molecule has 4 aromatic heterocycles. The normalized spacial score (nSPS) is 11.4. The number of furan rings is 1. The van der Waals surface area contributed by atoms with Crippen molar-refractivity contribution in [2.45, 2.75) is 68.7 Å². The van der Waals surface area contributed by atoms with Crippen molar-refractivity contribution in [3.63, 3.8) is 0 Å². The summed E-state index contributed by atoms with van der Waals surface area (Å²) in [6.45, 7) is 19.3. The molecule has 0 bridgehead atoms. The molecule has 0 unspecified atom stereocenters. The van der Waals surface area contributed by atoms with Crippen LogP contribution in [0.4, 0.5) is 0 Å². The Morgan fingerprint density at radius 1 is 0.642 bits per heavy atom. The van der Waals surface area contributed by atoms with Crippen LogP contribution in [0.3, 0.4) is 0 Å². The molecule has 0 saturated carbocycles. The molecule has 53 heavy (non-hydrogen) atoms. The monoisotopic (exact) mass is 872 g/mol. The van der Waals surface area contributed by atoms with Gasteiger partial charge < -0.3 is 14.4 Å². The summed E-state index contributed by atoms with van der Waals surface area (Å²) in [5.74, 6) is 0. The number of benzene rings is 4. The predicted octanol–water partition coefficient (Wildman–Crippen LogP) is 12.6. The number of pyridine rings is 3. The molecule has 8 rings (SSSR count). The second-order valence-corrected chi connectivity index (χ2v) is 15.3. The van der Waals surface area contributed by atoms with Crippen LogP contribution in [0.25, 0.3) is 66.4 Å². The Morgan fingerprint density at radius 3 is 2.08 bits per heavy atom. The summed E-state index contributed by atoms with van der Waals surface area (Å²) in [6.07, 6.45) is 4.90. The van der Waals surface area contributed by atoms with Gasteiger partial charge in [-0.25, -0.2) is 0 Å². The summed E-state index contributed by atoms with van der Waals surface area (Å²) < 4.78 is 6.53. The number of hydrogen-bond acceptors (Lipinski definition) is 4. The molecule has 4 nitrogen and oxygen atoms in total. The molecule has 0 aliphatic heterocycles. The van der Waals surface area contributed by atoms with Crippen LogP contribution in [0.1, 0.15) is 60.0 Å². The smallest absolute Gasteiger partial charge is 0.128 e. The van der Waals surface area contributed by atoms with E-state index in [-0.39, 0.29) is 25.5 Å². The standard InChI is InChI=1S/C28H27N2O.C20H18N.Ir/c1-16-15-29-25(13-19(16)14-28(4,5)6)23-9-7-8-21-22-11-10-20-18(3)30-17(2)12-24(20)27(22)31-26(21)23;1-14-9-10-18(20-11-15(2)16(3)13-21-20)12-19(14)17-7-5-4-6-8-17;/h7-8,10-13,15H,14H2,1-6H3;4-9,11-13H,1-3H3;/q2*-1;. The van der Waals surface area contributed by atoms with Crippen molar-refractivity contribution in [1.82, 2.24) is 15.0 Å². The van der Waals surface area contributed by atoms with Gasteiger partial charge in [0.05, 0.1) is 5.58 Å². The molecule has 0 aliphatic rings. The Balaban J connectivity index is 0.000000191. The average Bonchev–Trinajstić information content (AvgIpc) is 3.50. The molecule has 0 aliphatic carbocycles. The molecule has 0 N–H and O–H groups in total. The van der Waals surface area contributed by atoms with E-state index in [1.165, 1.54) is 38.9 Å². The fraction of sp³-hybridized carbons (Fsp3) is 0.229. The number of fused-ring (bicyclic) bond motifs is 5. The second-order valence-electron chi connectivity index (χ2n) is 15.3. The number of aromatic nitrogens is 3. The van der Waals surface area contributed by atoms with Crippen molar-refractivity contribution < 1.29 is 24.5 Å². The summed E-state index contributed by atoms with van der Waals surface area (Å²) in [5, 5.41) is 4.45. The average molecular weight is 872 g/mol. The van der Waals surface area contributed by atoms with E-state index >= 15 is 0 Å². The van der Waals surface area contributed by atoms with E-state index in [1.807, 2.05) is 31.5 Å². The molecular formula is C48H45IrN3O-2. The van der Waals surface area contributed by atoms with Crippen LogP contribution in [0.2, 0.25) is 0 Å².